The molecule has 0 fully saturated rings. The van der Waals surface area contributed by atoms with Gasteiger partial charge in [-0.3, -0.25) is 0 Å². The summed E-state index contributed by atoms with van der Waals surface area (Å²) in [7, 11) is 1.50. The van der Waals surface area contributed by atoms with Crippen LogP contribution in [0, 0.1) is 5.82 Å². The van der Waals surface area contributed by atoms with Crippen molar-refractivity contribution in [2.24, 2.45) is 0 Å². The molecule has 0 unspecified atom stereocenters. The third-order valence-electron chi connectivity index (χ3n) is 2.62. The number of hydrogen-bond acceptors (Lipinski definition) is 4. The number of rotatable bonds is 2. The fourth-order valence-corrected chi connectivity index (χ4v) is 2.54. The van der Waals surface area contributed by atoms with Gasteiger partial charge < -0.3 is 4.74 Å². The molecule has 0 atom stereocenters. The highest BCUT2D eigenvalue weighted by Gasteiger charge is 2.13. The summed E-state index contributed by atoms with van der Waals surface area (Å²) in [6.07, 6.45) is 0. The SMILES string of the molecule is COc1nc(-c2ccccc2F)c2ccsc2n1. The van der Waals surface area contributed by atoms with Crippen molar-refractivity contribution in [3.63, 3.8) is 0 Å². The Morgan fingerprint density at radius 3 is 2.78 bits per heavy atom. The summed E-state index contributed by atoms with van der Waals surface area (Å²) in [5, 5.41) is 2.74. The molecule has 3 aromatic rings. The minimum absolute atomic E-state index is 0.253. The highest BCUT2D eigenvalue weighted by molar-refractivity contribution is 7.16. The van der Waals surface area contributed by atoms with Crippen LogP contribution in [0.5, 0.6) is 6.01 Å². The molecule has 2 aromatic heterocycles. The van der Waals surface area contributed by atoms with E-state index in [1.807, 2.05) is 11.4 Å². The Balaban J connectivity index is 2.34. The van der Waals surface area contributed by atoms with E-state index in [2.05, 4.69) is 9.97 Å². The molecule has 1 aromatic carbocycles. The van der Waals surface area contributed by atoms with Gasteiger partial charge in [-0.1, -0.05) is 12.1 Å². The quantitative estimate of drug-likeness (QED) is 0.707. The van der Waals surface area contributed by atoms with Crippen molar-refractivity contribution in [3.05, 3.63) is 41.5 Å². The Hall–Kier alpha value is -2.01. The lowest BCUT2D eigenvalue weighted by molar-refractivity contribution is 0.382. The van der Waals surface area contributed by atoms with Crippen LogP contribution in [0.15, 0.2) is 35.7 Å². The lowest BCUT2D eigenvalue weighted by Crippen LogP contribution is -1.95. The lowest BCUT2D eigenvalue weighted by atomic mass is 10.1. The summed E-state index contributed by atoms with van der Waals surface area (Å²) >= 11 is 1.48. The Morgan fingerprint density at radius 2 is 2.00 bits per heavy atom. The Kier molecular flexibility index (Phi) is 2.68. The number of benzene rings is 1. The van der Waals surface area contributed by atoms with Gasteiger partial charge in [0, 0.05) is 10.9 Å². The first kappa shape index (κ1) is 11.1. The Labute approximate surface area is 107 Å². The summed E-state index contributed by atoms with van der Waals surface area (Å²) in [6, 6.07) is 8.70. The minimum atomic E-state index is -0.300. The number of aromatic nitrogens is 2. The van der Waals surface area contributed by atoms with Gasteiger partial charge >= 0.3 is 6.01 Å². The Bertz CT molecular complexity index is 711. The van der Waals surface area contributed by atoms with Crippen LogP contribution >= 0.6 is 11.3 Å². The van der Waals surface area contributed by atoms with Gasteiger partial charge in [0.25, 0.3) is 0 Å². The predicted octanol–water partition coefficient (Wildman–Crippen LogP) is 3.51. The number of hydrogen-bond donors (Lipinski definition) is 0. The molecule has 18 heavy (non-hydrogen) atoms. The van der Waals surface area contributed by atoms with Crippen molar-refractivity contribution in [3.8, 4) is 17.3 Å². The third kappa shape index (κ3) is 1.73. The highest BCUT2D eigenvalue weighted by Crippen LogP contribution is 2.31. The van der Waals surface area contributed by atoms with Crippen LogP contribution in [-0.4, -0.2) is 17.1 Å². The van der Waals surface area contributed by atoms with Gasteiger partial charge in [0.15, 0.2) is 0 Å². The van der Waals surface area contributed by atoms with Crippen LogP contribution in [0.25, 0.3) is 21.5 Å². The van der Waals surface area contributed by atoms with E-state index in [0.29, 0.717) is 11.3 Å². The zero-order valence-corrected chi connectivity index (χ0v) is 10.4. The van der Waals surface area contributed by atoms with Crippen molar-refractivity contribution >= 4 is 21.6 Å². The van der Waals surface area contributed by atoms with Gasteiger partial charge in [0.1, 0.15) is 10.6 Å². The lowest BCUT2D eigenvalue weighted by Gasteiger charge is -2.06. The molecular weight excluding hydrogens is 251 g/mol. The molecule has 0 radical (unpaired) electrons. The molecule has 3 rings (SSSR count). The molecule has 0 aliphatic heterocycles. The molecule has 0 saturated carbocycles. The molecule has 0 spiro atoms. The van der Waals surface area contributed by atoms with Crippen LogP contribution in [0.3, 0.4) is 0 Å². The monoisotopic (exact) mass is 260 g/mol. The van der Waals surface area contributed by atoms with Crippen molar-refractivity contribution in [1.29, 1.82) is 0 Å². The van der Waals surface area contributed by atoms with E-state index in [0.717, 1.165) is 10.2 Å². The van der Waals surface area contributed by atoms with Crippen molar-refractivity contribution in [2.45, 2.75) is 0 Å². The maximum atomic E-state index is 13.8. The first-order chi connectivity index (χ1) is 8.79. The summed E-state index contributed by atoms with van der Waals surface area (Å²) in [5.41, 5.74) is 1.03. The fourth-order valence-electron chi connectivity index (χ4n) is 1.79. The molecule has 0 saturated heterocycles. The molecular formula is C13H9FN2OS. The molecule has 3 nitrogen and oxygen atoms in total. The van der Waals surface area contributed by atoms with Gasteiger partial charge in [0.05, 0.1) is 12.8 Å². The number of thiophene rings is 1. The zero-order valence-electron chi connectivity index (χ0n) is 9.55. The van der Waals surface area contributed by atoms with Crippen molar-refractivity contribution < 1.29 is 9.13 Å². The Morgan fingerprint density at radius 1 is 1.17 bits per heavy atom. The molecule has 5 heteroatoms. The van der Waals surface area contributed by atoms with E-state index in [4.69, 9.17) is 4.74 Å². The van der Waals surface area contributed by atoms with Crippen molar-refractivity contribution in [2.75, 3.05) is 7.11 Å². The number of methoxy groups -OCH3 is 1. The maximum absolute atomic E-state index is 13.8. The smallest absolute Gasteiger partial charge is 0.318 e. The van der Waals surface area contributed by atoms with Gasteiger partial charge in [-0.2, -0.15) is 9.97 Å². The van der Waals surface area contributed by atoms with E-state index in [1.165, 1.54) is 24.5 Å². The number of ether oxygens (including phenoxy) is 1. The maximum Gasteiger partial charge on any atom is 0.318 e. The summed E-state index contributed by atoms with van der Waals surface area (Å²) < 4.78 is 18.9. The average molecular weight is 260 g/mol. The molecule has 0 aliphatic carbocycles. The van der Waals surface area contributed by atoms with Crippen LogP contribution in [0.2, 0.25) is 0 Å². The van der Waals surface area contributed by atoms with Gasteiger partial charge in [0.2, 0.25) is 0 Å². The van der Waals surface area contributed by atoms with E-state index in [1.54, 1.807) is 18.2 Å². The highest BCUT2D eigenvalue weighted by atomic mass is 32.1. The summed E-state index contributed by atoms with van der Waals surface area (Å²) in [4.78, 5) is 9.28. The zero-order chi connectivity index (χ0) is 12.5. The molecule has 90 valence electrons. The van der Waals surface area contributed by atoms with Gasteiger partial charge in [-0.25, -0.2) is 4.39 Å². The number of nitrogens with zero attached hydrogens (tertiary/aromatic N) is 2. The molecule has 2 heterocycles. The molecule has 0 aliphatic rings. The van der Waals surface area contributed by atoms with Crippen molar-refractivity contribution in [1.82, 2.24) is 9.97 Å². The average Bonchev–Trinajstić information content (AvgIpc) is 2.86. The second kappa shape index (κ2) is 4.34. The summed E-state index contributed by atoms with van der Waals surface area (Å²) in [6.45, 7) is 0. The summed E-state index contributed by atoms with van der Waals surface area (Å²) in [5.74, 6) is -0.300. The van der Waals surface area contributed by atoms with Crippen LogP contribution in [0.4, 0.5) is 4.39 Å². The van der Waals surface area contributed by atoms with Crippen LogP contribution in [0.1, 0.15) is 0 Å². The topological polar surface area (TPSA) is 35.0 Å². The second-order valence-corrected chi connectivity index (χ2v) is 4.57. The molecule has 0 N–H and O–H groups in total. The number of fused-ring (bicyclic) bond motifs is 1. The van der Waals surface area contributed by atoms with E-state index >= 15 is 0 Å². The normalized spacial score (nSPS) is 10.8. The minimum Gasteiger partial charge on any atom is -0.467 e. The molecule has 0 amide bonds. The van der Waals surface area contributed by atoms with Crippen LogP contribution < -0.4 is 4.74 Å². The van der Waals surface area contributed by atoms with E-state index < -0.39 is 0 Å². The third-order valence-corrected chi connectivity index (χ3v) is 3.42. The van der Waals surface area contributed by atoms with Gasteiger partial charge in [-0.15, -0.1) is 11.3 Å². The standard InChI is InChI=1S/C13H9FN2OS/c1-17-13-15-11(8-4-2-3-5-10(8)14)9-6-7-18-12(9)16-13/h2-7H,1H3. The first-order valence-electron chi connectivity index (χ1n) is 5.33. The second-order valence-electron chi connectivity index (χ2n) is 3.68. The van der Waals surface area contributed by atoms with Crippen LogP contribution in [-0.2, 0) is 0 Å². The van der Waals surface area contributed by atoms with Gasteiger partial charge in [-0.05, 0) is 23.6 Å². The molecule has 0 bridgehead atoms. The largest absolute Gasteiger partial charge is 0.467 e. The first-order valence-corrected chi connectivity index (χ1v) is 6.21. The van der Waals surface area contributed by atoms with E-state index in [9.17, 15) is 4.39 Å². The number of halogens is 1. The fraction of sp³-hybridized carbons (Fsp3) is 0.0769. The van der Waals surface area contributed by atoms with E-state index in [-0.39, 0.29) is 11.8 Å². The predicted molar refractivity (Wildman–Crippen MR) is 69.4 cm³/mol.